The van der Waals surface area contributed by atoms with Crippen LogP contribution in [-0.4, -0.2) is 175 Å². The van der Waals surface area contributed by atoms with E-state index in [4.69, 9.17) is 34.2 Å². The molecule has 424 valence electrons. The number of piperidine rings is 2. The van der Waals surface area contributed by atoms with E-state index in [1.165, 1.54) is 12.0 Å². The molecule has 2 bridgehead atoms. The predicted molar refractivity (Wildman–Crippen MR) is 283 cm³/mol. The molecule has 1 saturated carbocycles. The van der Waals surface area contributed by atoms with Gasteiger partial charge in [-0.3, -0.25) is 14.4 Å². The number of nitrogens with one attached hydrogen (secondary N) is 1. The lowest BCUT2D eigenvalue weighted by Gasteiger charge is -2.42. The maximum Gasteiger partial charge on any atom is 0.407 e. The van der Waals surface area contributed by atoms with Crippen molar-refractivity contribution in [3.05, 3.63) is 47.6 Å². The zero-order valence-electron chi connectivity index (χ0n) is 46.5. The molecule has 5 rings (SSSR count). The average Bonchev–Trinajstić information content (AvgIpc) is 3.38. The van der Waals surface area contributed by atoms with E-state index in [-0.39, 0.29) is 43.0 Å². The van der Waals surface area contributed by atoms with Crippen LogP contribution in [0.3, 0.4) is 0 Å². The number of Topliss-reactive ketones (excluding diaryl/α,β-unsaturated/α-hetero) is 2. The quantitative estimate of drug-likeness (QED) is 0.115. The van der Waals surface area contributed by atoms with E-state index in [1.807, 2.05) is 51.2 Å². The zero-order chi connectivity index (χ0) is 55.1. The molecule has 0 aromatic rings. The van der Waals surface area contributed by atoms with Gasteiger partial charge in [0, 0.05) is 70.6 Å². The summed E-state index contributed by atoms with van der Waals surface area (Å²) in [5.41, 5.74) is 8.31. The standard InChI is InChI=1S/C57H92N4O14/c1-34-16-12-11-13-17-35(2)47(70-8)32-42-21-19-39(6)57(69,75-42)53(65)54(66)61-25-15-14-18-44(61)55(67)73-48(33-45(62)36(3)29-38(5)51(64)52(72-10)50(63)37(4)28-34)43(58)30-40-20-22-46(49(31-40)71-9)74-56(68)59-41-23-26-60(7)27-24-41/h11-13,16-17,29,34,36-37,39-49,51-52,62,64,69H,14-15,18-28,30-33,58H2,1-10H3,(H,59,68)/b13-11?,16-12+,35-17?,38-29+/t34-,36-,37-,39-,40+,42+,43-,44+,45-,46-,47+,48+,49-,51-,52+,57-/m1/s1. The predicted octanol–water partition coefficient (Wildman–Crippen LogP) is 5.49. The van der Waals surface area contributed by atoms with Gasteiger partial charge in [-0.1, -0.05) is 64.2 Å². The Morgan fingerprint density at radius 1 is 0.840 bits per heavy atom. The van der Waals surface area contributed by atoms with Gasteiger partial charge in [0.05, 0.1) is 24.4 Å². The summed E-state index contributed by atoms with van der Waals surface area (Å²) < 4.78 is 35.7. The second-order valence-corrected chi connectivity index (χ2v) is 22.6. The number of hydrogen-bond acceptors (Lipinski definition) is 16. The fourth-order valence-corrected chi connectivity index (χ4v) is 11.6. The number of likely N-dealkylation sites (tertiary alicyclic amines) is 1. The topological polar surface area (TPSA) is 246 Å². The fraction of sp³-hybridized carbons (Fsp3) is 0.772. The van der Waals surface area contributed by atoms with Gasteiger partial charge >= 0.3 is 12.1 Å². The van der Waals surface area contributed by atoms with Crippen LogP contribution in [0, 0.1) is 29.6 Å². The van der Waals surface area contributed by atoms with Crippen molar-refractivity contribution in [1.82, 2.24) is 15.1 Å². The van der Waals surface area contributed by atoms with E-state index in [0.29, 0.717) is 69.8 Å². The molecule has 18 heteroatoms. The van der Waals surface area contributed by atoms with Crippen molar-refractivity contribution in [2.24, 2.45) is 35.3 Å². The fourth-order valence-electron chi connectivity index (χ4n) is 11.6. The summed E-state index contributed by atoms with van der Waals surface area (Å²) in [6.07, 6.45) is 10.5. The Balaban J connectivity index is 1.42. The van der Waals surface area contributed by atoms with E-state index in [9.17, 15) is 39.3 Å². The van der Waals surface area contributed by atoms with Crippen LogP contribution in [0.2, 0.25) is 0 Å². The molecule has 4 aliphatic heterocycles. The molecule has 18 nitrogen and oxygen atoms in total. The highest BCUT2D eigenvalue weighted by Crippen LogP contribution is 2.38. The molecule has 16 atom stereocenters. The number of rotatable bonds is 8. The number of ketones is 2. The Hall–Kier alpha value is -3.85. The number of cyclic esters (lactones) is 1. The summed E-state index contributed by atoms with van der Waals surface area (Å²) in [6.45, 7) is 12.7. The van der Waals surface area contributed by atoms with Crippen molar-refractivity contribution in [3.8, 4) is 0 Å². The number of carbonyl (C=O) groups excluding carboxylic acids is 5. The lowest BCUT2D eigenvalue weighted by molar-refractivity contribution is -0.265. The molecule has 0 unspecified atom stereocenters. The van der Waals surface area contributed by atoms with E-state index in [2.05, 4.69) is 17.3 Å². The van der Waals surface area contributed by atoms with Gasteiger partial charge in [-0.15, -0.1) is 0 Å². The van der Waals surface area contributed by atoms with Crippen molar-refractivity contribution in [3.63, 3.8) is 0 Å². The summed E-state index contributed by atoms with van der Waals surface area (Å²) in [5, 5.41) is 38.5. The second-order valence-electron chi connectivity index (χ2n) is 22.6. The number of esters is 1. The molecular formula is C57H92N4O14. The van der Waals surface area contributed by atoms with E-state index in [1.54, 1.807) is 41.1 Å². The van der Waals surface area contributed by atoms with Crippen molar-refractivity contribution < 1.29 is 67.7 Å². The van der Waals surface area contributed by atoms with Crippen molar-refractivity contribution in [2.75, 3.05) is 48.0 Å². The molecule has 0 radical (unpaired) electrons. The van der Waals surface area contributed by atoms with Gasteiger partial charge < -0.3 is 64.6 Å². The van der Waals surface area contributed by atoms with Crippen molar-refractivity contribution >= 4 is 29.5 Å². The van der Waals surface area contributed by atoms with Gasteiger partial charge in [0.1, 0.15) is 30.5 Å². The van der Waals surface area contributed by atoms with Gasteiger partial charge in [-0.2, -0.15) is 0 Å². The maximum absolute atomic E-state index is 14.6. The second kappa shape index (κ2) is 29.2. The minimum atomic E-state index is -2.46. The molecule has 2 amide bonds. The Labute approximate surface area is 446 Å². The van der Waals surface area contributed by atoms with Gasteiger partial charge in [0.2, 0.25) is 5.79 Å². The Morgan fingerprint density at radius 3 is 2.24 bits per heavy atom. The SMILES string of the molecule is CO[C@H]1C[C@@H]2CC[C@@H](C)[C@@](O)(O2)C(=O)C(=O)N2CCCC[C@H]2C(=O)O[C@H]([C@H](N)C[C@@H]2CC[C@@H](OC(=O)NC3CCN(C)CC3)[C@H](OC)C2)C[C@@H](O)[C@H](C)/C=C(\C)[C@@H](O)[C@@H](OC)C(=O)[C@H](C)C[C@H](C)/C=C/C=CC=C1C. The van der Waals surface area contributed by atoms with E-state index >= 15 is 0 Å². The van der Waals surface area contributed by atoms with Crippen molar-refractivity contribution in [2.45, 2.75) is 204 Å². The van der Waals surface area contributed by atoms with Crippen LogP contribution in [-0.2, 0) is 47.6 Å². The van der Waals surface area contributed by atoms with Gasteiger partial charge in [0.25, 0.3) is 11.7 Å². The lowest BCUT2D eigenvalue weighted by Crippen LogP contribution is -2.61. The van der Waals surface area contributed by atoms with Gasteiger partial charge in [-0.05, 0) is 134 Å². The largest absolute Gasteiger partial charge is 0.459 e. The summed E-state index contributed by atoms with van der Waals surface area (Å²) in [4.78, 5) is 73.5. The van der Waals surface area contributed by atoms with Crippen LogP contribution in [0.1, 0.15) is 131 Å². The molecule has 4 fully saturated rings. The first-order valence-corrected chi connectivity index (χ1v) is 27.7. The van der Waals surface area contributed by atoms with Crippen LogP contribution >= 0.6 is 0 Å². The number of amides is 2. The molecule has 0 aromatic carbocycles. The normalized spacial score (nSPS) is 38.1. The van der Waals surface area contributed by atoms with Crippen LogP contribution in [0.15, 0.2) is 47.6 Å². The Kier molecular flexibility index (Phi) is 24.2. The zero-order valence-corrected chi connectivity index (χ0v) is 46.5. The highest BCUT2D eigenvalue weighted by molar-refractivity contribution is 6.39. The number of carbonyl (C=O) groups is 5. The average molecular weight is 1060 g/mol. The number of alkyl carbamates (subject to hydrolysis) is 1. The first kappa shape index (κ1) is 62.0. The molecule has 75 heavy (non-hydrogen) atoms. The number of aliphatic hydroxyl groups is 3. The molecule has 3 saturated heterocycles. The van der Waals surface area contributed by atoms with Crippen LogP contribution in [0.5, 0.6) is 0 Å². The Morgan fingerprint density at radius 2 is 1.56 bits per heavy atom. The molecule has 0 spiro atoms. The summed E-state index contributed by atoms with van der Waals surface area (Å²) >= 11 is 0. The third-order valence-corrected chi connectivity index (χ3v) is 16.7. The number of aliphatic hydroxyl groups excluding tert-OH is 2. The van der Waals surface area contributed by atoms with Crippen molar-refractivity contribution in [1.29, 1.82) is 0 Å². The molecule has 5 aliphatic rings. The van der Waals surface area contributed by atoms with Crippen LogP contribution < -0.4 is 11.1 Å². The van der Waals surface area contributed by atoms with Crippen LogP contribution in [0.25, 0.3) is 0 Å². The number of hydrogen-bond donors (Lipinski definition) is 5. The number of nitrogens with two attached hydrogens (primary N) is 1. The maximum atomic E-state index is 14.6. The highest BCUT2D eigenvalue weighted by atomic mass is 16.6. The van der Waals surface area contributed by atoms with Gasteiger partial charge in [0.15, 0.2) is 5.78 Å². The molecule has 1 aliphatic carbocycles. The molecule has 0 aromatic heterocycles. The minimum Gasteiger partial charge on any atom is -0.459 e. The Bertz CT molecular complexity index is 2020. The molecule has 4 heterocycles. The highest BCUT2D eigenvalue weighted by Gasteiger charge is 2.53. The lowest BCUT2D eigenvalue weighted by atomic mass is 9.80. The minimum absolute atomic E-state index is 0.00804. The molecule has 6 N–H and O–H groups in total. The third kappa shape index (κ3) is 17.1. The number of allylic oxidation sites excluding steroid dienone is 5. The number of ether oxygens (including phenoxy) is 6. The summed E-state index contributed by atoms with van der Waals surface area (Å²) in [5.74, 6) is -7.58. The monoisotopic (exact) mass is 1060 g/mol. The summed E-state index contributed by atoms with van der Waals surface area (Å²) in [6, 6.07) is -1.99. The third-order valence-electron chi connectivity index (χ3n) is 16.7. The van der Waals surface area contributed by atoms with Gasteiger partial charge in [-0.25, -0.2) is 9.59 Å². The van der Waals surface area contributed by atoms with E-state index in [0.717, 1.165) is 31.5 Å². The summed E-state index contributed by atoms with van der Waals surface area (Å²) in [7, 11) is 6.59. The first-order valence-electron chi connectivity index (χ1n) is 27.7. The number of methoxy groups -OCH3 is 3. The number of nitrogens with zero attached hydrogens (tertiary/aromatic N) is 2. The van der Waals surface area contributed by atoms with Crippen LogP contribution in [0.4, 0.5) is 4.79 Å². The molecular weight excluding hydrogens is 965 g/mol. The van der Waals surface area contributed by atoms with E-state index < -0.39 is 108 Å². The number of fused-ring (bicyclic) bond motifs is 3. The first-order chi connectivity index (χ1) is 35.6. The smallest absolute Gasteiger partial charge is 0.407 e.